The van der Waals surface area contributed by atoms with Crippen molar-refractivity contribution in [3.05, 3.63) is 55.4 Å². The van der Waals surface area contributed by atoms with Gasteiger partial charge in [-0.25, -0.2) is 4.98 Å². The summed E-state index contributed by atoms with van der Waals surface area (Å²) in [6, 6.07) is 0. The molecule has 0 saturated heterocycles. The SMILES string of the molecule is CC[C@H](C(=O)O)[C@H](COC(C)=O)Cc1cn(C)cn1.CO[C@H]1C[C@@H](OC)[CH-][C@H]1C/C=C\CCCC(=O)O.O=C(O)CCC/C=C\C[C@@H]1[CH-][C@H](O)C[C@@H]1O.[W].[W]. The standard InChI is InChI=1S/C14H23O4.C13H20N2O4.C12H19O4.2W/c1-17-12-9-11(13(10-12)18-2)7-5-3-4-6-8-14(15)16;1-4-12(13(17)18)10(7-19-9(2)16)5-11-6-15(3)8-14-11;13-10-7-9(11(14)8-10)5-3-1-2-4-6-12(15)16;;/h3,5,9,11-13H,4,6-8,10H2,1-2H3,(H,15,16);6,8,10,12H,4-5,7H2,1-3H3,(H,17,18);1,3,7,9-11,13-14H,2,4-6,8H2,(H,15,16);;/q-1;;-1;;/b5-3-;;3-1-;;/t11-,12+,13+;10-,12-;9-,10+,11+;;/m101../s1. The Morgan fingerprint density at radius 3 is 1.91 bits per heavy atom. The first-order valence-corrected chi connectivity index (χ1v) is 18.4. The number of unbranched alkanes of at least 4 members (excludes halogenated alkanes) is 2. The van der Waals surface area contributed by atoms with Crippen molar-refractivity contribution >= 4 is 23.9 Å². The van der Waals surface area contributed by atoms with Gasteiger partial charge in [-0.2, -0.15) is 0 Å². The van der Waals surface area contributed by atoms with Gasteiger partial charge in [0.05, 0.1) is 24.5 Å². The number of carboxylic acid groups (broad SMARTS) is 3. The van der Waals surface area contributed by atoms with Crippen LogP contribution in [0, 0.1) is 36.5 Å². The molecule has 3 rings (SSSR count). The van der Waals surface area contributed by atoms with Crippen molar-refractivity contribution in [3.63, 3.8) is 0 Å². The summed E-state index contributed by atoms with van der Waals surface area (Å²) in [7, 11) is 5.31. The fourth-order valence-corrected chi connectivity index (χ4v) is 6.29. The third kappa shape index (κ3) is 24.9. The predicted molar refractivity (Wildman–Crippen MR) is 197 cm³/mol. The van der Waals surface area contributed by atoms with Gasteiger partial charge in [-0.05, 0) is 51.4 Å². The minimum absolute atomic E-state index is 0. The van der Waals surface area contributed by atoms with Crippen molar-refractivity contribution < 1.29 is 101 Å². The first kappa shape index (κ1) is 54.9. The summed E-state index contributed by atoms with van der Waals surface area (Å²) in [5.74, 6) is -3.13. The zero-order chi connectivity index (χ0) is 39.8. The quantitative estimate of drug-likeness (QED) is 0.0484. The predicted octanol–water partition coefficient (Wildman–Crippen LogP) is 4.82. The van der Waals surface area contributed by atoms with Gasteiger partial charge in [-0.1, -0.05) is 56.3 Å². The molecule has 1 aromatic heterocycles. The molecular weight excluding hydrogens is 1060 g/mol. The van der Waals surface area contributed by atoms with E-state index in [2.05, 4.69) is 23.6 Å². The average molecular weight is 1120 g/mol. The summed E-state index contributed by atoms with van der Waals surface area (Å²) >= 11 is 0. The van der Waals surface area contributed by atoms with E-state index in [-0.39, 0.29) is 85.6 Å². The molecule has 2 aliphatic rings. The smallest absolute Gasteiger partial charge is 0.306 e. The van der Waals surface area contributed by atoms with Crippen molar-refractivity contribution in [3.8, 4) is 0 Å². The van der Waals surface area contributed by atoms with Crippen molar-refractivity contribution in [2.24, 2.45) is 30.7 Å². The van der Waals surface area contributed by atoms with Gasteiger partial charge in [-0.3, -0.25) is 32.0 Å². The van der Waals surface area contributed by atoms with Gasteiger partial charge in [0, 0.05) is 107 Å². The Morgan fingerprint density at radius 1 is 0.909 bits per heavy atom. The number of aliphatic hydroxyl groups excluding tert-OH is 2. The van der Waals surface area contributed by atoms with Gasteiger partial charge in [0.2, 0.25) is 0 Å². The summed E-state index contributed by atoms with van der Waals surface area (Å²) in [6.07, 6.45) is 22.4. The Labute approximate surface area is 355 Å². The second-order valence-corrected chi connectivity index (χ2v) is 13.5. The molecule has 0 bridgehead atoms. The van der Waals surface area contributed by atoms with E-state index in [0.717, 1.165) is 31.4 Å². The molecule has 0 aliphatic heterocycles. The van der Waals surface area contributed by atoms with Crippen LogP contribution in [0.1, 0.15) is 90.2 Å². The molecule has 0 amide bonds. The molecule has 0 spiro atoms. The molecule has 1 heterocycles. The summed E-state index contributed by atoms with van der Waals surface area (Å²) in [4.78, 5) is 46.9. The Bertz CT molecular complexity index is 1280. The zero-order valence-corrected chi connectivity index (χ0v) is 38.6. The minimum Gasteiger partial charge on any atom is -0.481 e. The summed E-state index contributed by atoms with van der Waals surface area (Å²) in [5, 5.41) is 44.9. The minimum atomic E-state index is -0.865. The molecule has 314 valence electrons. The monoisotopic (exact) mass is 1120 g/mol. The van der Waals surface area contributed by atoms with Crippen molar-refractivity contribution in [2.75, 3.05) is 20.8 Å². The molecule has 0 unspecified atom stereocenters. The molecule has 2 fully saturated rings. The first-order valence-electron chi connectivity index (χ1n) is 18.4. The maximum atomic E-state index is 11.2. The summed E-state index contributed by atoms with van der Waals surface area (Å²) in [5.41, 5.74) is 0.805. The normalized spacial score (nSPS) is 22.7. The van der Waals surface area contributed by atoms with Crippen LogP contribution in [0.15, 0.2) is 36.8 Å². The topological polar surface area (TPSA) is 215 Å². The van der Waals surface area contributed by atoms with Crippen LogP contribution in [-0.4, -0.2) is 104 Å². The van der Waals surface area contributed by atoms with Crippen LogP contribution in [0.5, 0.6) is 0 Å². The molecule has 5 N–H and O–H groups in total. The third-order valence-corrected chi connectivity index (χ3v) is 9.19. The number of carbonyl (C=O) groups is 4. The Kier molecular flexibility index (Phi) is 31.8. The number of carbonyl (C=O) groups excluding carboxylic acids is 1. The van der Waals surface area contributed by atoms with Crippen molar-refractivity contribution in [1.82, 2.24) is 9.55 Å². The van der Waals surface area contributed by atoms with Crippen LogP contribution < -0.4 is 0 Å². The molecule has 2 aliphatic carbocycles. The molecular formula is C39H62N2O12W2-2. The zero-order valence-electron chi connectivity index (χ0n) is 32.7. The number of carboxylic acids is 3. The van der Waals surface area contributed by atoms with Crippen LogP contribution >= 0.6 is 0 Å². The largest absolute Gasteiger partial charge is 0.481 e. The van der Waals surface area contributed by atoms with Gasteiger partial charge in [0.1, 0.15) is 0 Å². The molecule has 14 nitrogen and oxygen atoms in total. The number of aliphatic carboxylic acids is 3. The van der Waals surface area contributed by atoms with E-state index < -0.39 is 42.0 Å². The van der Waals surface area contributed by atoms with E-state index in [1.807, 2.05) is 32.3 Å². The molecule has 16 heteroatoms. The molecule has 0 radical (unpaired) electrons. The second kappa shape index (κ2) is 31.8. The van der Waals surface area contributed by atoms with E-state index in [4.69, 9.17) is 24.4 Å². The summed E-state index contributed by atoms with van der Waals surface area (Å²) in [6.45, 7) is 3.24. The fraction of sp³-hybridized carbons (Fsp3) is 0.667. The number of hydrogen-bond acceptors (Lipinski definition) is 10. The van der Waals surface area contributed by atoms with Crippen LogP contribution in [0.4, 0.5) is 0 Å². The number of nitrogens with zero attached hydrogens (tertiary/aromatic N) is 2. The number of hydrogen-bond donors (Lipinski definition) is 5. The molecule has 55 heavy (non-hydrogen) atoms. The number of allylic oxidation sites excluding steroid dienone is 4. The summed E-state index contributed by atoms with van der Waals surface area (Å²) < 4.78 is 17.5. The number of aliphatic hydroxyl groups is 2. The Balaban J connectivity index is 0. The maximum absolute atomic E-state index is 11.2. The van der Waals surface area contributed by atoms with Crippen LogP contribution in [-0.2, 0) is 89.0 Å². The van der Waals surface area contributed by atoms with Gasteiger partial charge in [0.25, 0.3) is 0 Å². The average Bonchev–Trinajstić information content (AvgIpc) is 3.80. The Hall–Kier alpha value is -2.21. The Morgan fingerprint density at radius 2 is 1.49 bits per heavy atom. The molecule has 2 saturated carbocycles. The van der Waals surface area contributed by atoms with Crippen molar-refractivity contribution in [2.45, 2.75) is 115 Å². The van der Waals surface area contributed by atoms with Gasteiger partial charge in [-0.15, -0.1) is 11.8 Å². The number of rotatable bonds is 21. The van der Waals surface area contributed by atoms with Crippen LogP contribution in [0.2, 0.25) is 0 Å². The van der Waals surface area contributed by atoms with E-state index in [0.29, 0.717) is 44.4 Å². The van der Waals surface area contributed by atoms with E-state index in [9.17, 15) is 34.5 Å². The number of ether oxygens (including phenoxy) is 3. The number of esters is 1. The maximum Gasteiger partial charge on any atom is 0.306 e. The number of methoxy groups -OCH3 is 2. The number of imidazole rings is 1. The van der Waals surface area contributed by atoms with Gasteiger partial charge < -0.3 is 44.3 Å². The molecule has 8 atom stereocenters. The first-order chi connectivity index (χ1) is 25.2. The van der Waals surface area contributed by atoms with Crippen LogP contribution in [0.3, 0.4) is 0 Å². The van der Waals surface area contributed by atoms with E-state index in [1.54, 1.807) is 31.5 Å². The number of aromatic nitrogens is 2. The second-order valence-electron chi connectivity index (χ2n) is 13.5. The molecule has 1 aromatic rings. The van der Waals surface area contributed by atoms with Crippen molar-refractivity contribution in [1.29, 1.82) is 0 Å². The third-order valence-electron chi connectivity index (χ3n) is 9.19. The molecule has 0 aromatic carbocycles. The van der Waals surface area contributed by atoms with Gasteiger partial charge >= 0.3 is 23.9 Å². The van der Waals surface area contributed by atoms with Gasteiger partial charge in [0.15, 0.2) is 0 Å². The number of aryl methyl sites for hydroxylation is 1. The van der Waals surface area contributed by atoms with E-state index in [1.165, 1.54) is 6.92 Å². The van der Waals surface area contributed by atoms with Crippen LogP contribution in [0.25, 0.3) is 0 Å². The fourth-order valence-electron chi connectivity index (χ4n) is 6.29. The van der Waals surface area contributed by atoms with E-state index >= 15 is 0 Å².